The summed E-state index contributed by atoms with van der Waals surface area (Å²) in [6, 6.07) is 7.98. The fourth-order valence-electron chi connectivity index (χ4n) is 4.73. The summed E-state index contributed by atoms with van der Waals surface area (Å²) in [5.41, 5.74) is 0.676. The lowest BCUT2D eigenvalue weighted by molar-refractivity contribution is -0.133. The maximum absolute atomic E-state index is 13.5. The van der Waals surface area contributed by atoms with Crippen LogP contribution in [0.25, 0.3) is 10.9 Å². The van der Waals surface area contributed by atoms with Crippen LogP contribution in [0.3, 0.4) is 0 Å². The monoisotopic (exact) mass is 397 g/mol. The number of amides is 2. The van der Waals surface area contributed by atoms with E-state index in [4.69, 9.17) is 4.74 Å². The van der Waals surface area contributed by atoms with Crippen LogP contribution >= 0.6 is 0 Å². The van der Waals surface area contributed by atoms with Gasteiger partial charge in [-0.15, -0.1) is 0 Å². The number of ether oxygens (including phenoxy) is 1. The summed E-state index contributed by atoms with van der Waals surface area (Å²) in [5.74, 6) is 0.643. The number of nitrogens with zero attached hydrogens (tertiary/aromatic N) is 2. The van der Waals surface area contributed by atoms with Crippen molar-refractivity contribution in [1.82, 2.24) is 14.8 Å². The van der Waals surface area contributed by atoms with Crippen molar-refractivity contribution in [2.45, 2.75) is 70.5 Å². The Morgan fingerprint density at radius 2 is 2.03 bits per heavy atom. The number of fused-ring (bicyclic) bond motifs is 3. The molecule has 0 bridgehead atoms. The van der Waals surface area contributed by atoms with E-state index in [9.17, 15) is 9.59 Å². The molecular formula is C23H31N3O3. The molecule has 1 aliphatic heterocycles. The van der Waals surface area contributed by atoms with Gasteiger partial charge in [-0.1, -0.05) is 26.2 Å². The summed E-state index contributed by atoms with van der Waals surface area (Å²) < 4.78 is 7.38. The molecule has 156 valence electrons. The number of carbonyl (C=O) groups excluding carboxylic acids is 2. The Kier molecular flexibility index (Phi) is 5.28. The van der Waals surface area contributed by atoms with Gasteiger partial charge in [0.15, 0.2) is 0 Å². The van der Waals surface area contributed by atoms with E-state index in [2.05, 4.69) is 12.2 Å². The molecule has 2 aromatic rings. The number of benzene rings is 1. The zero-order valence-electron chi connectivity index (χ0n) is 17.7. The van der Waals surface area contributed by atoms with Gasteiger partial charge in [-0.3, -0.25) is 9.59 Å². The number of rotatable bonds is 6. The molecule has 2 heterocycles. The Morgan fingerprint density at radius 1 is 1.28 bits per heavy atom. The second-order valence-electron chi connectivity index (χ2n) is 8.58. The standard InChI is InChI=1S/C23H31N3O3/c1-4-5-12-26-21(27)20-13-16-10-11-18(29-3)14-19(16)25(20)15-23(26,2)22(28)24-17-8-6-7-9-17/h10-11,13-14,17H,4-9,12,15H2,1-3H3,(H,24,28)/t23-/m1/s1. The highest BCUT2D eigenvalue weighted by Gasteiger charge is 2.47. The first kappa shape index (κ1) is 19.8. The molecule has 1 fully saturated rings. The molecule has 1 aromatic carbocycles. The normalized spacial score (nSPS) is 22.2. The van der Waals surface area contributed by atoms with E-state index >= 15 is 0 Å². The summed E-state index contributed by atoms with van der Waals surface area (Å²) in [6.45, 7) is 5.06. The first-order chi connectivity index (χ1) is 14.0. The molecule has 0 spiro atoms. The third-order valence-corrected chi connectivity index (χ3v) is 6.55. The third-order valence-electron chi connectivity index (χ3n) is 6.55. The van der Waals surface area contributed by atoms with Crippen LogP contribution in [0.5, 0.6) is 5.75 Å². The van der Waals surface area contributed by atoms with Crippen LogP contribution in [-0.2, 0) is 11.3 Å². The topological polar surface area (TPSA) is 63.6 Å². The van der Waals surface area contributed by atoms with E-state index in [1.54, 1.807) is 12.0 Å². The Labute approximate surface area is 172 Å². The summed E-state index contributed by atoms with van der Waals surface area (Å²) in [5, 5.41) is 4.23. The molecule has 29 heavy (non-hydrogen) atoms. The van der Waals surface area contributed by atoms with Crippen LogP contribution in [-0.4, -0.2) is 46.5 Å². The summed E-state index contributed by atoms with van der Waals surface area (Å²) in [6.07, 6.45) is 6.23. The number of carbonyl (C=O) groups is 2. The molecule has 2 amide bonds. The Balaban J connectivity index is 1.75. The average Bonchev–Trinajstić information content (AvgIpc) is 3.35. The minimum atomic E-state index is -0.906. The highest BCUT2D eigenvalue weighted by atomic mass is 16.5. The second-order valence-corrected chi connectivity index (χ2v) is 8.58. The average molecular weight is 398 g/mol. The molecule has 1 N–H and O–H groups in total. The van der Waals surface area contributed by atoms with Gasteiger partial charge in [-0.05, 0) is 44.4 Å². The molecule has 1 atom stereocenters. The number of nitrogens with one attached hydrogen (secondary N) is 1. The molecular weight excluding hydrogens is 366 g/mol. The minimum absolute atomic E-state index is 0.0377. The fraction of sp³-hybridized carbons (Fsp3) is 0.565. The van der Waals surface area contributed by atoms with Crippen molar-refractivity contribution in [3.8, 4) is 5.75 Å². The van der Waals surface area contributed by atoms with Crippen molar-refractivity contribution >= 4 is 22.7 Å². The van der Waals surface area contributed by atoms with E-state index < -0.39 is 5.54 Å². The number of aromatic nitrogens is 1. The van der Waals surface area contributed by atoms with Crippen molar-refractivity contribution in [3.63, 3.8) is 0 Å². The van der Waals surface area contributed by atoms with Gasteiger partial charge in [0.05, 0.1) is 19.2 Å². The Hall–Kier alpha value is -2.50. The molecule has 6 heteroatoms. The zero-order chi connectivity index (χ0) is 20.6. The largest absolute Gasteiger partial charge is 0.497 e. The molecule has 0 saturated heterocycles. The molecule has 4 rings (SSSR count). The lowest BCUT2D eigenvalue weighted by atomic mass is 9.93. The molecule has 0 radical (unpaired) electrons. The molecule has 1 aromatic heterocycles. The van der Waals surface area contributed by atoms with Gasteiger partial charge in [0.2, 0.25) is 5.91 Å². The molecule has 0 unspecified atom stereocenters. The second kappa shape index (κ2) is 7.73. The van der Waals surface area contributed by atoms with E-state index in [1.165, 1.54) is 0 Å². The van der Waals surface area contributed by atoms with Crippen LogP contribution in [0.15, 0.2) is 24.3 Å². The maximum Gasteiger partial charge on any atom is 0.271 e. The van der Waals surface area contributed by atoms with Gasteiger partial charge >= 0.3 is 0 Å². The van der Waals surface area contributed by atoms with Crippen molar-refractivity contribution in [3.05, 3.63) is 30.0 Å². The number of methoxy groups -OCH3 is 1. The predicted octanol–water partition coefficient (Wildman–Crippen LogP) is 3.72. The number of unbranched alkanes of at least 4 members (excludes halogenated alkanes) is 1. The van der Waals surface area contributed by atoms with Gasteiger partial charge in [-0.2, -0.15) is 0 Å². The van der Waals surface area contributed by atoms with Gasteiger partial charge in [0, 0.05) is 24.0 Å². The lowest BCUT2D eigenvalue weighted by Gasteiger charge is -2.44. The van der Waals surface area contributed by atoms with E-state index in [0.717, 1.165) is 55.2 Å². The van der Waals surface area contributed by atoms with Gasteiger partial charge in [0.1, 0.15) is 17.0 Å². The maximum atomic E-state index is 13.5. The SMILES string of the molecule is CCCCN1C(=O)c2cc3ccc(OC)cc3n2C[C@]1(C)C(=O)NC1CCCC1. The summed E-state index contributed by atoms with van der Waals surface area (Å²) in [4.78, 5) is 28.7. The van der Waals surface area contributed by atoms with E-state index in [1.807, 2.05) is 35.8 Å². The minimum Gasteiger partial charge on any atom is -0.497 e. The zero-order valence-corrected chi connectivity index (χ0v) is 17.7. The Morgan fingerprint density at radius 3 is 2.72 bits per heavy atom. The van der Waals surface area contributed by atoms with Crippen LogP contribution in [0.2, 0.25) is 0 Å². The smallest absolute Gasteiger partial charge is 0.271 e. The first-order valence-electron chi connectivity index (χ1n) is 10.8. The lowest BCUT2D eigenvalue weighted by Crippen LogP contribution is -2.64. The van der Waals surface area contributed by atoms with Gasteiger partial charge in [-0.25, -0.2) is 0 Å². The predicted molar refractivity (Wildman–Crippen MR) is 113 cm³/mol. The number of hydrogen-bond acceptors (Lipinski definition) is 3. The highest BCUT2D eigenvalue weighted by molar-refractivity contribution is 6.03. The van der Waals surface area contributed by atoms with Gasteiger partial charge in [0.25, 0.3) is 5.91 Å². The molecule has 6 nitrogen and oxygen atoms in total. The summed E-state index contributed by atoms with van der Waals surface area (Å²) in [7, 11) is 1.64. The molecule has 1 saturated carbocycles. The van der Waals surface area contributed by atoms with Crippen molar-refractivity contribution in [2.24, 2.45) is 0 Å². The fourth-order valence-corrected chi connectivity index (χ4v) is 4.73. The van der Waals surface area contributed by atoms with Crippen molar-refractivity contribution in [2.75, 3.05) is 13.7 Å². The quantitative estimate of drug-likeness (QED) is 0.808. The first-order valence-corrected chi connectivity index (χ1v) is 10.8. The van der Waals surface area contributed by atoms with Crippen LogP contribution < -0.4 is 10.1 Å². The van der Waals surface area contributed by atoms with Crippen molar-refractivity contribution in [1.29, 1.82) is 0 Å². The van der Waals surface area contributed by atoms with Crippen molar-refractivity contribution < 1.29 is 14.3 Å². The van der Waals surface area contributed by atoms with E-state index in [-0.39, 0.29) is 17.9 Å². The van der Waals surface area contributed by atoms with E-state index in [0.29, 0.717) is 18.8 Å². The Bertz CT molecular complexity index is 929. The highest BCUT2D eigenvalue weighted by Crippen LogP contribution is 2.34. The van der Waals surface area contributed by atoms with Gasteiger partial charge < -0.3 is 19.5 Å². The molecule has 2 aliphatic rings. The van der Waals surface area contributed by atoms with Crippen LogP contribution in [0.1, 0.15) is 62.9 Å². The van der Waals surface area contributed by atoms with Crippen LogP contribution in [0.4, 0.5) is 0 Å². The van der Waals surface area contributed by atoms with Crippen LogP contribution in [0, 0.1) is 0 Å². The molecule has 1 aliphatic carbocycles. The number of hydrogen-bond donors (Lipinski definition) is 1. The third kappa shape index (κ3) is 3.38. The summed E-state index contributed by atoms with van der Waals surface area (Å²) >= 11 is 0.